The van der Waals surface area contributed by atoms with Crippen LogP contribution in [0.4, 0.5) is 0 Å². The molecule has 3 aromatic heterocycles. The van der Waals surface area contributed by atoms with Gasteiger partial charge in [-0.15, -0.1) is 32.9 Å². The predicted molar refractivity (Wildman–Crippen MR) is 114 cm³/mol. The summed E-state index contributed by atoms with van der Waals surface area (Å²) >= 11 is 5.18. The van der Waals surface area contributed by atoms with E-state index in [1.165, 1.54) is 10.4 Å². The first kappa shape index (κ1) is 18.4. The molecule has 4 nitrogen and oxygen atoms in total. The van der Waals surface area contributed by atoms with Gasteiger partial charge in [-0.3, -0.25) is 0 Å². The lowest BCUT2D eigenvalue weighted by Gasteiger charge is -2.10. The number of benzene rings is 1. The molecular weight excluding hydrogens is 392 g/mol. The van der Waals surface area contributed by atoms with Gasteiger partial charge in [0.1, 0.15) is 5.82 Å². The van der Waals surface area contributed by atoms with Gasteiger partial charge in [-0.2, -0.15) is 0 Å². The molecule has 0 bridgehead atoms. The predicted octanol–water partition coefficient (Wildman–Crippen LogP) is 5.23. The molecule has 0 spiro atoms. The van der Waals surface area contributed by atoms with Crippen LogP contribution in [0.25, 0.3) is 0 Å². The van der Waals surface area contributed by atoms with Crippen LogP contribution in [-0.2, 0) is 25.1 Å². The average Bonchev–Trinajstić information content (AvgIpc) is 3.42. The van der Waals surface area contributed by atoms with Crippen molar-refractivity contribution in [1.82, 2.24) is 19.7 Å². The summed E-state index contributed by atoms with van der Waals surface area (Å²) in [7, 11) is 0. The van der Waals surface area contributed by atoms with E-state index in [1.807, 2.05) is 6.92 Å². The van der Waals surface area contributed by atoms with Crippen LogP contribution in [0.1, 0.15) is 27.0 Å². The monoisotopic (exact) mass is 412 g/mol. The third-order valence-corrected chi connectivity index (χ3v) is 6.89. The fraction of sp³-hybridized carbons (Fsp3) is 0.250. The Morgan fingerprint density at radius 3 is 2.67 bits per heavy atom. The standard InChI is InChI=1S/C20H20N4S3/c1-15-21-17(13-26-15)14-27-20-23-22-19(12-18-8-5-11-25-18)24(20)10-9-16-6-3-2-4-7-16/h2-8,11,13H,9-10,12,14H2,1H3. The molecule has 0 unspecified atom stereocenters. The zero-order valence-corrected chi connectivity index (χ0v) is 17.5. The summed E-state index contributed by atoms with van der Waals surface area (Å²) in [5.41, 5.74) is 2.44. The second-order valence-electron chi connectivity index (χ2n) is 6.19. The van der Waals surface area contributed by atoms with Crippen LogP contribution in [0.15, 0.2) is 58.4 Å². The Morgan fingerprint density at radius 2 is 1.93 bits per heavy atom. The average molecular weight is 413 g/mol. The molecule has 138 valence electrons. The molecule has 0 N–H and O–H groups in total. The van der Waals surface area contributed by atoms with Crippen LogP contribution in [0.5, 0.6) is 0 Å². The number of aromatic nitrogens is 4. The zero-order valence-electron chi connectivity index (χ0n) is 15.0. The largest absolute Gasteiger partial charge is 0.305 e. The number of thiophene rings is 1. The van der Waals surface area contributed by atoms with Crippen LogP contribution in [0, 0.1) is 6.92 Å². The topological polar surface area (TPSA) is 43.6 Å². The van der Waals surface area contributed by atoms with Crippen LogP contribution >= 0.6 is 34.4 Å². The first-order valence-electron chi connectivity index (χ1n) is 8.80. The maximum atomic E-state index is 4.56. The lowest BCUT2D eigenvalue weighted by molar-refractivity contribution is 0.610. The highest BCUT2D eigenvalue weighted by Gasteiger charge is 2.14. The molecule has 0 radical (unpaired) electrons. The minimum Gasteiger partial charge on any atom is -0.305 e. The molecule has 0 fully saturated rings. The highest BCUT2D eigenvalue weighted by molar-refractivity contribution is 7.98. The highest BCUT2D eigenvalue weighted by atomic mass is 32.2. The summed E-state index contributed by atoms with van der Waals surface area (Å²) in [6, 6.07) is 14.8. The van der Waals surface area contributed by atoms with Crippen molar-refractivity contribution in [2.75, 3.05) is 0 Å². The van der Waals surface area contributed by atoms with Crippen molar-refractivity contribution >= 4 is 34.4 Å². The Hall–Kier alpha value is -1.96. The first-order valence-corrected chi connectivity index (χ1v) is 11.5. The van der Waals surface area contributed by atoms with Gasteiger partial charge in [0, 0.05) is 29.0 Å². The van der Waals surface area contributed by atoms with E-state index < -0.39 is 0 Å². The number of rotatable bonds is 8. The van der Waals surface area contributed by atoms with Gasteiger partial charge in [0.15, 0.2) is 5.16 Å². The van der Waals surface area contributed by atoms with Gasteiger partial charge in [0.2, 0.25) is 0 Å². The van der Waals surface area contributed by atoms with E-state index in [1.54, 1.807) is 34.4 Å². The van der Waals surface area contributed by atoms with Crippen molar-refractivity contribution in [2.45, 2.75) is 37.2 Å². The van der Waals surface area contributed by atoms with E-state index in [2.05, 4.69) is 73.0 Å². The highest BCUT2D eigenvalue weighted by Crippen LogP contribution is 2.25. The number of thiazole rings is 1. The summed E-state index contributed by atoms with van der Waals surface area (Å²) in [6.07, 6.45) is 1.80. The first-order chi connectivity index (χ1) is 13.3. The van der Waals surface area contributed by atoms with E-state index >= 15 is 0 Å². The van der Waals surface area contributed by atoms with Crippen molar-refractivity contribution < 1.29 is 0 Å². The van der Waals surface area contributed by atoms with E-state index in [9.17, 15) is 0 Å². The van der Waals surface area contributed by atoms with Gasteiger partial charge >= 0.3 is 0 Å². The molecule has 0 amide bonds. The second-order valence-corrected chi connectivity index (χ2v) is 9.23. The molecule has 7 heteroatoms. The Kier molecular flexibility index (Phi) is 6.01. The normalized spacial score (nSPS) is 11.1. The van der Waals surface area contributed by atoms with Crippen LogP contribution in [0.2, 0.25) is 0 Å². The van der Waals surface area contributed by atoms with Crippen molar-refractivity contribution in [3.63, 3.8) is 0 Å². The van der Waals surface area contributed by atoms with Gasteiger partial charge < -0.3 is 4.57 Å². The van der Waals surface area contributed by atoms with Crippen molar-refractivity contribution in [3.8, 4) is 0 Å². The minimum atomic E-state index is 0.826. The summed E-state index contributed by atoms with van der Waals surface area (Å²) in [5.74, 6) is 1.86. The van der Waals surface area contributed by atoms with Crippen molar-refractivity contribution in [2.24, 2.45) is 0 Å². The fourth-order valence-corrected chi connectivity index (χ4v) is 5.14. The Labute approximate surface area is 171 Å². The molecule has 0 aliphatic carbocycles. The molecule has 0 atom stereocenters. The number of thioether (sulfide) groups is 1. The van der Waals surface area contributed by atoms with Crippen molar-refractivity contribution in [1.29, 1.82) is 0 Å². The van der Waals surface area contributed by atoms with Gasteiger partial charge in [0.05, 0.1) is 10.7 Å². The minimum absolute atomic E-state index is 0.826. The van der Waals surface area contributed by atoms with E-state index in [0.717, 1.165) is 46.8 Å². The van der Waals surface area contributed by atoms with E-state index in [4.69, 9.17) is 0 Å². The lowest BCUT2D eigenvalue weighted by atomic mass is 10.1. The van der Waals surface area contributed by atoms with E-state index in [-0.39, 0.29) is 0 Å². The summed E-state index contributed by atoms with van der Waals surface area (Å²) in [5, 5.41) is 15.3. The number of nitrogens with zero attached hydrogens (tertiary/aromatic N) is 4. The molecule has 0 aliphatic rings. The van der Waals surface area contributed by atoms with Gasteiger partial charge in [-0.25, -0.2) is 4.98 Å². The van der Waals surface area contributed by atoms with Gasteiger partial charge in [0.25, 0.3) is 0 Å². The summed E-state index contributed by atoms with van der Waals surface area (Å²) < 4.78 is 2.27. The van der Waals surface area contributed by atoms with Crippen LogP contribution < -0.4 is 0 Å². The molecule has 4 rings (SSSR count). The molecule has 1 aromatic carbocycles. The lowest BCUT2D eigenvalue weighted by Crippen LogP contribution is -2.08. The van der Waals surface area contributed by atoms with Crippen LogP contribution in [0.3, 0.4) is 0 Å². The van der Waals surface area contributed by atoms with Crippen LogP contribution in [-0.4, -0.2) is 19.7 Å². The van der Waals surface area contributed by atoms with E-state index in [0.29, 0.717) is 0 Å². The molecule has 0 aliphatic heterocycles. The maximum Gasteiger partial charge on any atom is 0.191 e. The molecule has 0 saturated carbocycles. The van der Waals surface area contributed by atoms with Gasteiger partial charge in [-0.1, -0.05) is 48.2 Å². The van der Waals surface area contributed by atoms with Crippen molar-refractivity contribution in [3.05, 3.63) is 80.2 Å². The zero-order chi connectivity index (χ0) is 18.5. The molecule has 27 heavy (non-hydrogen) atoms. The molecular formula is C20H20N4S3. The second kappa shape index (κ2) is 8.82. The van der Waals surface area contributed by atoms with Gasteiger partial charge in [-0.05, 0) is 30.4 Å². The molecule has 3 heterocycles. The quantitative estimate of drug-likeness (QED) is 0.372. The number of hydrogen-bond donors (Lipinski definition) is 0. The Balaban J connectivity index is 1.52. The number of aryl methyl sites for hydroxylation is 2. The maximum absolute atomic E-state index is 4.56. The fourth-order valence-electron chi connectivity index (χ4n) is 2.85. The SMILES string of the molecule is Cc1nc(CSc2nnc(Cc3cccs3)n2CCc2ccccc2)cs1. The summed E-state index contributed by atoms with van der Waals surface area (Å²) in [6.45, 7) is 2.93. The number of hydrogen-bond acceptors (Lipinski definition) is 6. The third-order valence-electron chi connectivity index (χ3n) is 4.19. The smallest absolute Gasteiger partial charge is 0.191 e. The third kappa shape index (κ3) is 4.86. The summed E-state index contributed by atoms with van der Waals surface area (Å²) in [4.78, 5) is 5.87. The molecule has 4 aromatic rings. The molecule has 0 saturated heterocycles. The Morgan fingerprint density at radius 1 is 1.04 bits per heavy atom. The Bertz CT molecular complexity index is 974.